The van der Waals surface area contributed by atoms with E-state index in [0.29, 0.717) is 5.82 Å². The zero-order chi connectivity index (χ0) is 14.8. The topological polar surface area (TPSA) is 102 Å². The minimum Gasteiger partial charge on any atom is -0.369 e. The summed E-state index contributed by atoms with van der Waals surface area (Å²) < 4.78 is 1.87. The number of primary amides is 1. The molecule has 20 heavy (non-hydrogen) atoms. The van der Waals surface area contributed by atoms with Crippen molar-refractivity contribution in [2.24, 2.45) is 5.73 Å². The van der Waals surface area contributed by atoms with Crippen LogP contribution in [0.25, 0.3) is 0 Å². The number of nitrogens with one attached hydrogen (secondary N) is 1. The van der Waals surface area contributed by atoms with Crippen LogP contribution in [-0.4, -0.2) is 30.9 Å². The number of nitrogens with zero attached hydrogens (tertiary/aromatic N) is 4. The maximum Gasteiger partial charge on any atom is 0.225 e. The molecule has 2 rings (SSSR count). The van der Waals surface area contributed by atoms with E-state index >= 15 is 0 Å². The highest BCUT2D eigenvalue weighted by Gasteiger charge is 2.21. The van der Waals surface area contributed by atoms with Crippen molar-refractivity contribution in [3.05, 3.63) is 29.6 Å². The highest BCUT2D eigenvalue weighted by atomic mass is 16.1. The molecule has 0 atom stereocenters. The molecular weight excluding hydrogens is 256 g/mol. The monoisotopic (exact) mass is 276 g/mol. The first kappa shape index (κ1) is 14.2. The third kappa shape index (κ3) is 3.43. The fraction of sp³-hybridized carbons (Fsp3) is 0.538. The summed E-state index contributed by atoms with van der Waals surface area (Å²) >= 11 is 0. The van der Waals surface area contributed by atoms with Gasteiger partial charge in [-0.25, -0.2) is 9.67 Å². The molecule has 7 heteroatoms. The van der Waals surface area contributed by atoms with Crippen molar-refractivity contribution in [1.82, 2.24) is 25.0 Å². The first-order valence-corrected chi connectivity index (χ1v) is 6.57. The fourth-order valence-corrected chi connectivity index (χ4v) is 1.99. The number of aromatic amines is 1. The molecule has 2 aromatic rings. The Morgan fingerprint density at radius 3 is 2.70 bits per heavy atom. The summed E-state index contributed by atoms with van der Waals surface area (Å²) in [5, 5.41) is 11.1. The van der Waals surface area contributed by atoms with Crippen LogP contribution in [-0.2, 0) is 29.6 Å². The number of hydrogen-bond donors (Lipinski definition) is 2. The van der Waals surface area contributed by atoms with Crippen molar-refractivity contribution in [2.75, 3.05) is 0 Å². The first-order valence-electron chi connectivity index (χ1n) is 6.57. The first-order chi connectivity index (χ1) is 9.36. The van der Waals surface area contributed by atoms with Crippen molar-refractivity contribution < 1.29 is 4.79 Å². The molecule has 0 saturated heterocycles. The van der Waals surface area contributed by atoms with Crippen LogP contribution in [0.2, 0.25) is 0 Å². The molecule has 0 aliphatic heterocycles. The molecular formula is C13H20N6O. The smallest absolute Gasteiger partial charge is 0.225 e. The largest absolute Gasteiger partial charge is 0.369 e. The van der Waals surface area contributed by atoms with Gasteiger partial charge in [0.2, 0.25) is 5.91 Å². The van der Waals surface area contributed by atoms with Crippen LogP contribution in [0.3, 0.4) is 0 Å². The van der Waals surface area contributed by atoms with E-state index in [9.17, 15) is 4.79 Å². The number of rotatable bonds is 5. The molecule has 0 radical (unpaired) electrons. The van der Waals surface area contributed by atoms with Crippen molar-refractivity contribution in [3.63, 3.8) is 0 Å². The maximum absolute atomic E-state index is 11.0. The predicted molar refractivity (Wildman–Crippen MR) is 73.9 cm³/mol. The molecule has 3 N–H and O–H groups in total. The summed E-state index contributed by atoms with van der Waals surface area (Å²) in [5.41, 5.74) is 6.13. The van der Waals surface area contributed by atoms with Crippen LogP contribution in [0.4, 0.5) is 0 Å². The van der Waals surface area contributed by atoms with E-state index in [1.807, 2.05) is 10.9 Å². The second-order valence-electron chi connectivity index (χ2n) is 5.78. The second-order valence-corrected chi connectivity index (χ2v) is 5.78. The number of aromatic nitrogens is 5. The van der Waals surface area contributed by atoms with E-state index in [0.717, 1.165) is 24.2 Å². The number of carbonyl (C=O) groups is 1. The Bertz CT molecular complexity index is 579. The zero-order valence-electron chi connectivity index (χ0n) is 12.1. The van der Waals surface area contributed by atoms with E-state index in [1.165, 1.54) is 0 Å². The number of carbonyl (C=O) groups excluding carboxylic acids is 1. The Morgan fingerprint density at radius 2 is 2.15 bits per heavy atom. The normalized spacial score (nSPS) is 11.8. The SMILES string of the molecule is CC(C)(C)n1nc(CC(N)=O)nc1CCc1cn[nH]c1. The lowest BCUT2D eigenvalue weighted by atomic mass is 10.1. The van der Waals surface area contributed by atoms with E-state index < -0.39 is 5.91 Å². The third-order valence-electron chi connectivity index (χ3n) is 2.88. The molecule has 0 aliphatic carbocycles. The molecule has 2 heterocycles. The van der Waals surface area contributed by atoms with Gasteiger partial charge < -0.3 is 5.73 Å². The quantitative estimate of drug-likeness (QED) is 0.833. The molecule has 1 amide bonds. The third-order valence-corrected chi connectivity index (χ3v) is 2.88. The highest BCUT2D eigenvalue weighted by Crippen LogP contribution is 2.17. The molecule has 108 valence electrons. The van der Waals surface area contributed by atoms with Gasteiger partial charge in [0.1, 0.15) is 5.82 Å². The van der Waals surface area contributed by atoms with Crippen LogP contribution in [0, 0.1) is 0 Å². The Hall–Kier alpha value is -2.18. The molecule has 7 nitrogen and oxygen atoms in total. The van der Waals surface area contributed by atoms with Crippen molar-refractivity contribution in [3.8, 4) is 0 Å². The molecule has 0 aliphatic rings. The van der Waals surface area contributed by atoms with Gasteiger partial charge in [0.05, 0.1) is 18.2 Å². The van der Waals surface area contributed by atoms with Gasteiger partial charge in [-0.05, 0) is 32.8 Å². The van der Waals surface area contributed by atoms with E-state index in [-0.39, 0.29) is 12.0 Å². The minimum atomic E-state index is -0.419. The van der Waals surface area contributed by atoms with E-state index in [2.05, 4.69) is 41.1 Å². The number of hydrogen-bond acceptors (Lipinski definition) is 4. The van der Waals surface area contributed by atoms with Gasteiger partial charge in [0.25, 0.3) is 0 Å². The summed E-state index contributed by atoms with van der Waals surface area (Å²) in [7, 11) is 0. The van der Waals surface area contributed by atoms with Gasteiger partial charge in [0, 0.05) is 12.6 Å². The van der Waals surface area contributed by atoms with Crippen LogP contribution in [0.1, 0.15) is 38.0 Å². The maximum atomic E-state index is 11.0. The van der Waals surface area contributed by atoms with E-state index in [4.69, 9.17) is 5.73 Å². The zero-order valence-corrected chi connectivity index (χ0v) is 12.1. The van der Waals surface area contributed by atoms with Crippen LogP contribution in [0.5, 0.6) is 0 Å². The van der Waals surface area contributed by atoms with Crippen LogP contribution >= 0.6 is 0 Å². The molecule has 0 aromatic carbocycles. The summed E-state index contributed by atoms with van der Waals surface area (Å²) in [6.07, 6.45) is 5.29. The number of aryl methyl sites for hydroxylation is 2. The fourth-order valence-electron chi connectivity index (χ4n) is 1.99. The Morgan fingerprint density at radius 1 is 1.40 bits per heavy atom. The van der Waals surface area contributed by atoms with Gasteiger partial charge >= 0.3 is 0 Å². The Labute approximate surface area is 117 Å². The highest BCUT2D eigenvalue weighted by molar-refractivity contribution is 5.75. The molecule has 0 saturated carbocycles. The molecule has 2 aromatic heterocycles. The molecule has 0 spiro atoms. The lowest BCUT2D eigenvalue weighted by molar-refractivity contribution is -0.117. The van der Waals surface area contributed by atoms with Gasteiger partial charge in [-0.15, -0.1) is 0 Å². The lowest BCUT2D eigenvalue weighted by Crippen LogP contribution is -2.26. The lowest BCUT2D eigenvalue weighted by Gasteiger charge is -2.21. The van der Waals surface area contributed by atoms with Gasteiger partial charge in [-0.3, -0.25) is 9.89 Å². The summed E-state index contributed by atoms with van der Waals surface area (Å²) in [6, 6.07) is 0. The van der Waals surface area contributed by atoms with Crippen molar-refractivity contribution in [1.29, 1.82) is 0 Å². The molecule has 0 fully saturated rings. The average molecular weight is 276 g/mol. The van der Waals surface area contributed by atoms with Gasteiger partial charge in [-0.2, -0.15) is 10.2 Å². The minimum absolute atomic E-state index is 0.0712. The van der Waals surface area contributed by atoms with E-state index in [1.54, 1.807) is 6.20 Å². The standard InChI is InChI=1S/C13H20N6O/c1-13(2,3)19-12(5-4-9-7-15-16-8-9)17-11(18-19)6-10(14)20/h7-8H,4-6H2,1-3H3,(H2,14,20)(H,15,16). The predicted octanol–water partition coefficient (Wildman–Crippen LogP) is 0.569. The Kier molecular flexibility index (Phi) is 3.87. The number of nitrogens with two attached hydrogens (primary N) is 1. The summed E-state index contributed by atoms with van der Waals surface area (Å²) in [5.74, 6) is 0.919. The van der Waals surface area contributed by atoms with Crippen molar-refractivity contribution >= 4 is 5.91 Å². The number of H-pyrrole nitrogens is 1. The second kappa shape index (κ2) is 5.44. The van der Waals surface area contributed by atoms with Crippen LogP contribution in [0.15, 0.2) is 12.4 Å². The average Bonchev–Trinajstić information content (AvgIpc) is 2.93. The van der Waals surface area contributed by atoms with Gasteiger partial charge in [-0.1, -0.05) is 0 Å². The summed E-state index contributed by atoms with van der Waals surface area (Å²) in [4.78, 5) is 15.4. The Balaban J connectivity index is 2.20. The van der Waals surface area contributed by atoms with Gasteiger partial charge in [0.15, 0.2) is 5.82 Å². The molecule has 0 unspecified atom stereocenters. The molecule has 0 bridgehead atoms. The number of amides is 1. The van der Waals surface area contributed by atoms with Crippen LogP contribution < -0.4 is 5.73 Å². The summed E-state index contributed by atoms with van der Waals surface area (Å²) in [6.45, 7) is 6.16. The van der Waals surface area contributed by atoms with Crippen molar-refractivity contribution in [2.45, 2.75) is 45.6 Å².